The van der Waals surface area contributed by atoms with E-state index in [1.54, 1.807) is 0 Å². The fourth-order valence-corrected chi connectivity index (χ4v) is 1.68. The molecule has 12 heavy (non-hydrogen) atoms. The van der Waals surface area contributed by atoms with Crippen LogP contribution in [-0.2, 0) is 4.74 Å². The SMILES string of the molecule is OC[C@H]1OC1c1cccc(Br)c1. The number of hydrogen-bond donors (Lipinski definition) is 1. The van der Waals surface area contributed by atoms with Gasteiger partial charge >= 0.3 is 0 Å². The van der Waals surface area contributed by atoms with Gasteiger partial charge in [-0.15, -0.1) is 0 Å². The van der Waals surface area contributed by atoms with Crippen molar-refractivity contribution in [1.29, 1.82) is 0 Å². The van der Waals surface area contributed by atoms with Gasteiger partial charge in [0.05, 0.1) is 6.61 Å². The highest BCUT2D eigenvalue weighted by Gasteiger charge is 2.39. The van der Waals surface area contributed by atoms with Crippen LogP contribution in [0.25, 0.3) is 0 Å². The second-order valence-corrected chi connectivity index (χ2v) is 3.75. The Labute approximate surface area is 79.3 Å². The molecule has 1 aliphatic rings. The molecule has 0 radical (unpaired) electrons. The lowest BCUT2D eigenvalue weighted by Gasteiger charge is -1.95. The molecule has 1 aromatic carbocycles. The summed E-state index contributed by atoms with van der Waals surface area (Å²) in [7, 11) is 0. The van der Waals surface area contributed by atoms with Gasteiger partial charge in [-0.05, 0) is 17.7 Å². The molecule has 1 saturated heterocycles. The number of ether oxygens (including phenoxy) is 1. The van der Waals surface area contributed by atoms with Crippen molar-refractivity contribution in [2.45, 2.75) is 12.2 Å². The van der Waals surface area contributed by atoms with Gasteiger partial charge in [-0.1, -0.05) is 28.1 Å². The van der Waals surface area contributed by atoms with E-state index in [4.69, 9.17) is 9.84 Å². The normalized spacial score (nSPS) is 27.2. The van der Waals surface area contributed by atoms with E-state index in [0.717, 1.165) is 10.0 Å². The Balaban J connectivity index is 2.14. The van der Waals surface area contributed by atoms with Gasteiger partial charge < -0.3 is 9.84 Å². The lowest BCUT2D eigenvalue weighted by Crippen LogP contribution is -1.94. The summed E-state index contributed by atoms with van der Waals surface area (Å²) in [4.78, 5) is 0. The van der Waals surface area contributed by atoms with Crippen molar-refractivity contribution in [3.05, 3.63) is 34.3 Å². The van der Waals surface area contributed by atoms with Crippen molar-refractivity contribution >= 4 is 15.9 Å². The van der Waals surface area contributed by atoms with Crippen LogP contribution in [0, 0.1) is 0 Å². The second-order valence-electron chi connectivity index (χ2n) is 2.83. The molecule has 1 fully saturated rings. The summed E-state index contributed by atoms with van der Waals surface area (Å²) < 4.78 is 6.28. The van der Waals surface area contributed by atoms with Crippen LogP contribution in [0.4, 0.5) is 0 Å². The van der Waals surface area contributed by atoms with Gasteiger partial charge in [0.25, 0.3) is 0 Å². The molecule has 0 spiro atoms. The summed E-state index contributed by atoms with van der Waals surface area (Å²) in [6.07, 6.45) is 0.117. The van der Waals surface area contributed by atoms with Crippen LogP contribution in [0.1, 0.15) is 11.7 Å². The van der Waals surface area contributed by atoms with Gasteiger partial charge in [-0.3, -0.25) is 0 Å². The molecule has 1 unspecified atom stereocenters. The van der Waals surface area contributed by atoms with Gasteiger partial charge in [-0.2, -0.15) is 0 Å². The molecule has 1 N–H and O–H groups in total. The molecule has 0 amide bonds. The first-order valence-corrected chi connectivity index (χ1v) is 4.62. The van der Waals surface area contributed by atoms with Gasteiger partial charge in [0, 0.05) is 4.47 Å². The average Bonchev–Trinajstić information content (AvgIpc) is 2.83. The minimum atomic E-state index is 0.0132. The molecule has 1 aromatic rings. The van der Waals surface area contributed by atoms with Crippen LogP contribution in [0.2, 0.25) is 0 Å². The molecular weight excluding hydrogens is 220 g/mol. The maximum atomic E-state index is 8.77. The predicted molar refractivity (Wildman–Crippen MR) is 48.8 cm³/mol. The molecule has 0 aromatic heterocycles. The highest BCUT2D eigenvalue weighted by molar-refractivity contribution is 9.10. The van der Waals surface area contributed by atoms with E-state index in [-0.39, 0.29) is 18.8 Å². The van der Waals surface area contributed by atoms with Crippen molar-refractivity contribution in [3.8, 4) is 0 Å². The van der Waals surface area contributed by atoms with E-state index in [1.165, 1.54) is 0 Å². The average molecular weight is 229 g/mol. The van der Waals surface area contributed by atoms with E-state index in [9.17, 15) is 0 Å². The zero-order valence-corrected chi connectivity index (χ0v) is 7.99. The second kappa shape index (κ2) is 3.17. The standard InChI is InChI=1S/C9H9BrO2/c10-7-3-1-2-6(4-7)9-8(5-11)12-9/h1-4,8-9,11H,5H2/t8-,9?/m1/s1. The minimum Gasteiger partial charge on any atom is -0.394 e. The molecule has 2 nitrogen and oxygen atoms in total. The van der Waals surface area contributed by atoms with Gasteiger partial charge in [-0.25, -0.2) is 0 Å². The van der Waals surface area contributed by atoms with Crippen LogP contribution in [0.5, 0.6) is 0 Å². The van der Waals surface area contributed by atoms with Crippen LogP contribution in [0.3, 0.4) is 0 Å². The third-order valence-corrected chi connectivity index (χ3v) is 2.43. The Morgan fingerprint density at radius 2 is 2.33 bits per heavy atom. The molecule has 1 heterocycles. The largest absolute Gasteiger partial charge is 0.394 e. The number of aliphatic hydroxyl groups excluding tert-OH is 1. The number of aliphatic hydroxyl groups is 1. The van der Waals surface area contributed by atoms with E-state index in [2.05, 4.69) is 15.9 Å². The third kappa shape index (κ3) is 1.53. The summed E-state index contributed by atoms with van der Waals surface area (Å²) >= 11 is 3.38. The number of halogens is 1. The smallest absolute Gasteiger partial charge is 0.112 e. The van der Waals surface area contributed by atoms with Gasteiger partial charge in [0.1, 0.15) is 12.2 Å². The van der Waals surface area contributed by atoms with Crippen molar-refractivity contribution in [2.24, 2.45) is 0 Å². The monoisotopic (exact) mass is 228 g/mol. The van der Waals surface area contributed by atoms with E-state index < -0.39 is 0 Å². The molecular formula is C9H9BrO2. The number of hydrogen-bond acceptors (Lipinski definition) is 2. The van der Waals surface area contributed by atoms with E-state index in [1.807, 2.05) is 24.3 Å². The highest BCUT2D eigenvalue weighted by atomic mass is 79.9. The highest BCUT2D eigenvalue weighted by Crippen LogP contribution is 2.38. The van der Waals surface area contributed by atoms with Crippen molar-refractivity contribution in [1.82, 2.24) is 0 Å². The van der Waals surface area contributed by atoms with Crippen LogP contribution >= 0.6 is 15.9 Å². The van der Waals surface area contributed by atoms with Crippen LogP contribution in [-0.4, -0.2) is 17.8 Å². The van der Waals surface area contributed by atoms with Gasteiger partial charge in [0.2, 0.25) is 0 Å². The number of benzene rings is 1. The summed E-state index contributed by atoms with van der Waals surface area (Å²) in [5.74, 6) is 0. The zero-order valence-electron chi connectivity index (χ0n) is 6.40. The molecule has 1 aliphatic heterocycles. The summed E-state index contributed by atoms with van der Waals surface area (Å²) in [6, 6.07) is 7.96. The first-order valence-electron chi connectivity index (χ1n) is 3.83. The van der Waals surface area contributed by atoms with Crippen molar-refractivity contribution in [3.63, 3.8) is 0 Å². The molecule has 64 valence electrons. The first-order chi connectivity index (χ1) is 5.81. The quantitative estimate of drug-likeness (QED) is 0.785. The fraction of sp³-hybridized carbons (Fsp3) is 0.333. The Bertz CT molecular complexity index is 288. The first kappa shape index (κ1) is 8.23. The molecule has 0 saturated carbocycles. The Morgan fingerprint density at radius 1 is 1.50 bits per heavy atom. The van der Waals surface area contributed by atoms with Crippen molar-refractivity contribution in [2.75, 3.05) is 6.61 Å². The van der Waals surface area contributed by atoms with E-state index >= 15 is 0 Å². The molecule has 2 rings (SSSR count). The molecule has 3 heteroatoms. The van der Waals surface area contributed by atoms with Gasteiger partial charge in [0.15, 0.2) is 0 Å². The van der Waals surface area contributed by atoms with Crippen molar-refractivity contribution < 1.29 is 9.84 Å². The lowest BCUT2D eigenvalue weighted by atomic mass is 10.1. The summed E-state index contributed by atoms with van der Waals surface area (Å²) in [6.45, 7) is 0.108. The predicted octanol–water partition coefficient (Wildman–Crippen LogP) is 1.88. The number of epoxide rings is 1. The van der Waals surface area contributed by atoms with E-state index in [0.29, 0.717) is 0 Å². The maximum Gasteiger partial charge on any atom is 0.112 e. The fourth-order valence-electron chi connectivity index (χ4n) is 1.26. The Morgan fingerprint density at radius 3 is 2.92 bits per heavy atom. The topological polar surface area (TPSA) is 32.8 Å². The Kier molecular flexibility index (Phi) is 2.17. The van der Waals surface area contributed by atoms with Crippen LogP contribution in [0.15, 0.2) is 28.7 Å². The van der Waals surface area contributed by atoms with Crippen LogP contribution < -0.4 is 0 Å². The lowest BCUT2D eigenvalue weighted by molar-refractivity contribution is 0.242. The Hall–Kier alpha value is -0.380. The summed E-state index contributed by atoms with van der Waals surface area (Å²) in [5, 5.41) is 8.77. The molecule has 2 atom stereocenters. The molecule has 0 aliphatic carbocycles. The molecule has 0 bridgehead atoms. The summed E-state index contributed by atoms with van der Waals surface area (Å²) in [5.41, 5.74) is 1.13. The zero-order chi connectivity index (χ0) is 8.55. The maximum absolute atomic E-state index is 8.77. The minimum absolute atomic E-state index is 0.0132. The number of rotatable bonds is 2. The third-order valence-electron chi connectivity index (χ3n) is 1.94.